The van der Waals surface area contributed by atoms with E-state index in [2.05, 4.69) is 4.98 Å². The Kier molecular flexibility index (Phi) is 4.64. The van der Waals surface area contributed by atoms with Crippen molar-refractivity contribution < 1.29 is 9.66 Å². The third-order valence-electron chi connectivity index (χ3n) is 4.27. The molecule has 8 heteroatoms. The van der Waals surface area contributed by atoms with Gasteiger partial charge in [-0.25, -0.2) is 4.98 Å². The van der Waals surface area contributed by atoms with E-state index < -0.39 is 0 Å². The quantitative estimate of drug-likeness (QED) is 0.471. The monoisotopic (exact) mass is 352 g/mol. The molecule has 1 unspecified atom stereocenters. The number of pyridine rings is 1. The molecule has 3 rings (SSSR count). The molecule has 3 heterocycles. The van der Waals surface area contributed by atoms with Crippen LogP contribution in [0.4, 0.5) is 5.82 Å². The molecule has 1 saturated heterocycles. The van der Waals surface area contributed by atoms with Crippen LogP contribution in [0.1, 0.15) is 32.3 Å². The number of hydrogen-bond acceptors (Lipinski definition) is 6. The Bertz CT molecular complexity index is 692. The molecule has 0 radical (unpaired) electrons. The standard InChI is InChI=1S/C16H21ClN4O3/c1-10(2)24-14-7-5-12(21(22)23)16-19(14)8-9-20(16)15-11(3)4-6-13(17)18-15/h4,6,10,14H,5,7-9H2,1-3H3. The lowest BCUT2D eigenvalue weighted by Crippen LogP contribution is -2.41. The number of hydrogen-bond donors (Lipinski definition) is 0. The van der Waals surface area contributed by atoms with Crippen LogP contribution in [0.2, 0.25) is 5.15 Å². The minimum atomic E-state index is -0.286. The van der Waals surface area contributed by atoms with Crippen molar-refractivity contribution in [2.24, 2.45) is 0 Å². The number of halogens is 1. The first-order valence-corrected chi connectivity index (χ1v) is 8.46. The van der Waals surface area contributed by atoms with E-state index in [4.69, 9.17) is 16.3 Å². The van der Waals surface area contributed by atoms with Gasteiger partial charge in [0.1, 0.15) is 17.2 Å². The van der Waals surface area contributed by atoms with Gasteiger partial charge in [0.05, 0.1) is 11.0 Å². The number of fused-ring (bicyclic) bond motifs is 1. The third kappa shape index (κ3) is 3.06. The van der Waals surface area contributed by atoms with Crippen molar-refractivity contribution >= 4 is 17.4 Å². The first-order valence-electron chi connectivity index (χ1n) is 8.09. The van der Waals surface area contributed by atoms with Gasteiger partial charge >= 0.3 is 0 Å². The van der Waals surface area contributed by atoms with E-state index in [1.165, 1.54) is 0 Å². The highest BCUT2D eigenvalue weighted by atomic mass is 35.5. The van der Waals surface area contributed by atoms with Crippen LogP contribution in [-0.4, -0.2) is 40.2 Å². The van der Waals surface area contributed by atoms with Gasteiger partial charge in [0.2, 0.25) is 0 Å². The maximum atomic E-state index is 11.6. The Morgan fingerprint density at radius 1 is 1.42 bits per heavy atom. The number of rotatable bonds is 4. The molecule has 7 nitrogen and oxygen atoms in total. The minimum absolute atomic E-state index is 0.0634. The molecule has 130 valence electrons. The van der Waals surface area contributed by atoms with Crippen LogP contribution >= 0.6 is 11.6 Å². The lowest BCUT2D eigenvalue weighted by atomic mass is 10.1. The Hall–Kier alpha value is -1.86. The van der Waals surface area contributed by atoms with E-state index in [-0.39, 0.29) is 23.0 Å². The summed E-state index contributed by atoms with van der Waals surface area (Å²) in [5.41, 5.74) is 1.15. The van der Waals surface area contributed by atoms with Crippen LogP contribution in [0.15, 0.2) is 23.7 Å². The lowest BCUT2D eigenvalue weighted by molar-refractivity contribution is -0.432. The van der Waals surface area contributed by atoms with Gasteiger partial charge < -0.3 is 14.5 Å². The van der Waals surface area contributed by atoms with Gasteiger partial charge in [0.15, 0.2) is 5.82 Å². The average Bonchev–Trinajstić information content (AvgIpc) is 2.94. The van der Waals surface area contributed by atoms with Crippen LogP contribution in [0.3, 0.4) is 0 Å². The van der Waals surface area contributed by atoms with E-state index in [0.717, 1.165) is 5.56 Å². The predicted octanol–water partition coefficient (Wildman–Crippen LogP) is 3.16. The Balaban J connectivity index is 2.04. The third-order valence-corrected chi connectivity index (χ3v) is 4.48. The smallest absolute Gasteiger partial charge is 0.286 e. The number of aryl methyl sites for hydroxylation is 1. The minimum Gasteiger partial charge on any atom is -0.356 e. The van der Waals surface area contributed by atoms with Crippen molar-refractivity contribution in [2.45, 2.75) is 45.9 Å². The summed E-state index contributed by atoms with van der Waals surface area (Å²) in [5.74, 6) is 1.26. The molecule has 1 atom stereocenters. The van der Waals surface area contributed by atoms with Gasteiger partial charge in [-0.2, -0.15) is 0 Å². The zero-order valence-corrected chi connectivity index (χ0v) is 14.8. The number of anilines is 1. The summed E-state index contributed by atoms with van der Waals surface area (Å²) in [6.45, 7) is 7.17. The van der Waals surface area contributed by atoms with Crippen LogP contribution in [0, 0.1) is 17.0 Å². The molecule has 2 aliphatic rings. The lowest BCUT2D eigenvalue weighted by Gasteiger charge is -2.35. The van der Waals surface area contributed by atoms with Crippen LogP contribution in [0.5, 0.6) is 0 Å². The molecule has 0 amide bonds. The van der Waals surface area contributed by atoms with Crippen LogP contribution in [-0.2, 0) is 4.74 Å². The molecule has 0 saturated carbocycles. The maximum Gasteiger partial charge on any atom is 0.286 e. The Labute approximate surface area is 146 Å². The first-order chi connectivity index (χ1) is 11.4. The number of nitrogens with zero attached hydrogens (tertiary/aromatic N) is 4. The van der Waals surface area contributed by atoms with E-state index in [1.807, 2.05) is 36.6 Å². The fourth-order valence-corrected chi connectivity index (χ4v) is 3.45. The van der Waals surface area contributed by atoms with Crippen molar-refractivity contribution in [3.8, 4) is 0 Å². The normalized spacial score (nSPS) is 20.8. The molecular weight excluding hydrogens is 332 g/mol. The molecule has 1 aromatic rings. The second kappa shape index (κ2) is 6.57. The highest BCUT2D eigenvalue weighted by Gasteiger charge is 2.43. The molecule has 0 aromatic carbocycles. The second-order valence-corrected chi connectivity index (χ2v) is 6.71. The van der Waals surface area contributed by atoms with Gasteiger partial charge in [-0.3, -0.25) is 10.1 Å². The topological polar surface area (TPSA) is 71.7 Å². The first kappa shape index (κ1) is 17.0. The van der Waals surface area contributed by atoms with Gasteiger partial charge in [0, 0.05) is 25.9 Å². The summed E-state index contributed by atoms with van der Waals surface area (Å²) in [6, 6.07) is 3.60. The SMILES string of the molecule is Cc1ccc(Cl)nc1N1CCN2C1=C([N+](=O)[O-])CCC2OC(C)C. The zero-order chi connectivity index (χ0) is 17.4. The number of ether oxygens (including phenoxy) is 1. The largest absolute Gasteiger partial charge is 0.356 e. The fraction of sp³-hybridized carbons (Fsp3) is 0.562. The van der Waals surface area contributed by atoms with Gasteiger partial charge in [-0.05, 0) is 32.4 Å². The molecule has 24 heavy (non-hydrogen) atoms. The van der Waals surface area contributed by atoms with Crippen molar-refractivity contribution in [1.82, 2.24) is 9.88 Å². The van der Waals surface area contributed by atoms with Gasteiger partial charge in [-0.1, -0.05) is 17.7 Å². The van der Waals surface area contributed by atoms with Crippen molar-refractivity contribution in [3.05, 3.63) is 44.5 Å². The summed E-state index contributed by atoms with van der Waals surface area (Å²) in [7, 11) is 0. The molecular formula is C16H21ClN4O3. The van der Waals surface area contributed by atoms with Crippen LogP contribution < -0.4 is 4.90 Å². The highest BCUT2D eigenvalue weighted by Crippen LogP contribution is 2.37. The Morgan fingerprint density at radius 2 is 2.17 bits per heavy atom. The summed E-state index contributed by atoms with van der Waals surface area (Å²) >= 11 is 6.04. The number of allylic oxidation sites excluding steroid dienone is 1. The van der Waals surface area contributed by atoms with E-state index in [0.29, 0.717) is 42.7 Å². The summed E-state index contributed by atoms with van der Waals surface area (Å²) in [5, 5.41) is 11.9. The molecule has 0 aliphatic carbocycles. The van der Waals surface area contributed by atoms with Crippen molar-refractivity contribution in [1.29, 1.82) is 0 Å². The number of aromatic nitrogens is 1. The fourth-order valence-electron chi connectivity index (χ4n) is 3.31. The van der Waals surface area contributed by atoms with E-state index in [1.54, 1.807) is 6.07 Å². The van der Waals surface area contributed by atoms with Crippen molar-refractivity contribution in [3.63, 3.8) is 0 Å². The van der Waals surface area contributed by atoms with E-state index in [9.17, 15) is 10.1 Å². The summed E-state index contributed by atoms with van der Waals surface area (Å²) in [6.07, 6.45) is 0.918. The molecule has 1 fully saturated rings. The van der Waals surface area contributed by atoms with Crippen LogP contribution in [0.25, 0.3) is 0 Å². The van der Waals surface area contributed by atoms with Gasteiger partial charge in [0.25, 0.3) is 5.70 Å². The molecule has 1 aromatic heterocycles. The molecule has 0 N–H and O–H groups in total. The highest BCUT2D eigenvalue weighted by molar-refractivity contribution is 6.29. The maximum absolute atomic E-state index is 11.6. The van der Waals surface area contributed by atoms with Gasteiger partial charge in [-0.15, -0.1) is 0 Å². The summed E-state index contributed by atoms with van der Waals surface area (Å²) in [4.78, 5) is 19.6. The molecule has 2 aliphatic heterocycles. The zero-order valence-electron chi connectivity index (χ0n) is 14.0. The van der Waals surface area contributed by atoms with E-state index >= 15 is 0 Å². The molecule has 0 bridgehead atoms. The number of nitro groups is 1. The van der Waals surface area contributed by atoms with Crippen molar-refractivity contribution in [2.75, 3.05) is 18.0 Å². The molecule has 0 spiro atoms. The predicted molar refractivity (Wildman–Crippen MR) is 91.3 cm³/mol. The summed E-state index contributed by atoms with van der Waals surface area (Å²) < 4.78 is 5.97. The Morgan fingerprint density at radius 3 is 2.83 bits per heavy atom. The second-order valence-electron chi connectivity index (χ2n) is 6.33. The average molecular weight is 353 g/mol.